The molecule has 29 heavy (non-hydrogen) atoms. The fraction of sp³-hybridized carbons (Fsp3) is 0.190. The standard InChI is InChI=1S/C21H19Cl2N5S/c1-21(2,3)12-7-9-13(10-8-12)28(17-14(22)5-4-6-15(17)23)18-16-19(26-11-25-18)29-20(24)27-16/h4-11H,1-3H3,(H2,24,27). The van der Waals surface area contributed by atoms with Crippen molar-refractivity contribution < 1.29 is 0 Å². The Bertz CT molecular complexity index is 1160. The summed E-state index contributed by atoms with van der Waals surface area (Å²) in [6.07, 6.45) is 1.50. The summed E-state index contributed by atoms with van der Waals surface area (Å²) < 4.78 is 0. The highest BCUT2D eigenvalue weighted by atomic mass is 35.5. The van der Waals surface area contributed by atoms with Crippen molar-refractivity contribution in [3.05, 3.63) is 64.4 Å². The number of benzene rings is 2. The summed E-state index contributed by atoms with van der Waals surface area (Å²) in [5.74, 6) is 0.571. The third kappa shape index (κ3) is 3.75. The lowest BCUT2D eigenvalue weighted by molar-refractivity contribution is 0.590. The number of nitrogens with zero attached hydrogens (tertiary/aromatic N) is 4. The van der Waals surface area contributed by atoms with Gasteiger partial charge in [0.1, 0.15) is 11.8 Å². The molecule has 0 amide bonds. The Morgan fingerprint density at radius 1 is 0.966 bits per heavy atom. The molecule has 0 fully saturated rings. The second-order valence-electron chi connectivity index (χ2n) is 7.61. The van der Waals surface area contributed by atoms with Gasteiger partial charge in [-0.25, -0.2) is 15.0 Å². The Hall–Kier alpha value is -2.41. The summed E-state index contributed by atoms with van der Waals surface area (Å²) in [7, 11) is 0. The first-order valence-corrected chi connectivity index (χ1v) is 10.5. The van der Waals surface area contributed by atoms with E-state index in [1.165, 1.54) is 23.2 Å². The van der Waals surface area contributed by atoms with Gasteiger partial charge >= 0.3 is 0 Å². The van der Waals surface area contributed by atoms with E-state index in [4.69, 9.17) is 28.9 Å². The summed E-state index contributed by atoms with van der Waals surface area (Å²) in [5.41, 5.74) is 9.29. The smallest absolute Gasteiger partial charge is 0.182 e. The number of nitrogens with two attached hydrogens (primary N) is 1. The van der Waals surface area contributed by atoms with Crippen LogP contribution in [-0.4, -0.2) is 15.0 Å². The lowest BCUT2D eigenvalue weighted by Gasteiger charge is -2.27. The molecular weight excluding hydrogens is 425 g/mol. The van der Waals surface area contributed by atoms with Crippen LogP contribution in [0.3, 0.4) is 0 Å². The van der Waals surface area contributed by atoms with Crippen molar-refractivity contribution in [2.75, 3.05) is 10.6 Å². The van der Waals surface area contributed by atoms with Crippen molar-refractivity contribution in [2.24, 2.45) is 0 Å². The molecule has 0 radical (unpaired) electrons. The molecule has 0 unspecified atom stereocenters. The number of fused-ring (bicyclic) bond motifs is 1. The molecule has 0 atom stereocenters. The van der Waals surface area contributed by atoms with Crippen LogP contribution in [0.4, 0.5) is 22.3 Å². The van der Waals surface area contributed by atoms with Gasteiger partial charge in [-0.05, 0) is 35.2 Å². The van der Waals surface area contributed by atoms with Gasteiger partial charge in [-0.1, -0.05) is 73.5 Å². The molecule has 0 aliphatic carbocycles. The summed E-state index contributed by atoms with van der Waals surface area (Å²) in [6, 6.07) is 13.7. The lowest BCUT2D eigenvalue weighted by atomic mass is 9.87. The maximum atomic E-state index is 6.57. The van der Waals surface area contributed by atoms with E-state index in [2.05, 4.69) is 47.9 Å². The van der Waals surface area contributed by atoms with Crippen LogP contribution in [0, 0.1) is 0 Å². The van der Waals surface area contributed by atoms with E-state index in [1.807, 2.05) is 23.1 Å². The number of hydrogen-bond donors (Lipinski definition) is 1. The summed E-state index contributed by atoms with van der Waals surface area (Å²) in [4.78, 5) is 15.9. The Morgan fingerprint density at radius 2 is 1.62 bits per heavy atom. The van der Waals surface area contributed by atoms with Crippen molar-refractivity contribution >= 4 is 67.2 Å². The molecule has 0 saturated carbocycles. The van der Waals surface area contributed by atoms with Crippen LogP contribution >= 0.6 is 34.5 Å². The molecule has 0 saturated heterocycles. The first-order valence-electron chi connectivity index (χ1n) is 8.97. The highest BCUT2D eigenvalue weighted by Crippen LogP contribution is 2.44. The molecule has 0 bridgehead atoms. The molecule has 4 aromatic rings. The average Bonchev–Trinajstić information content (AvgIpc) is 3.05. The predicted octanol–water partition coefficient (Wildman–Crippen LogP) is 6.74. The molecule has 2 aromatic carbocycles. The van der Waals surface area contributed by atoms with Gasteiger partial charge in [0.2, 0.25) is 0 Å². The molecule has 5 nitrogen and oxygen atoms in total. The van der Waals surface area contributed by atoms with Crippen LogP contribution in [0.25, 0.3) is 10.3 Å². The number of hydrogen-bond acceptors (Lipinski definition) is 6. The van der Waals surface area contributed by atoms with E-state index in [1.54, 1.807) is 12.1 Å². The Labute approximate surface area is 183 Å². The Balaban J connectivity index is 1.98. The van der Waals surface area contributed by atoms with Crippen molar-refractivity contribution in [3.8, 4) is 0 Å². The Morgan fingerprint density at radius 3 is 2.24 bits per heavy atom. The van der Waals surface area contributed by atoms with Crippen LogP contribution in [0.1, 0.15) is 26.3 Å². The SMILES string of the molecule is CC(C)(C)c1ccc(N(c2c(Cl)cccc2Cl)c2ncnc3sc(N)nc23)cc1. The minimum Gasteiger partial charge on any atom is -0.375 e. The summed E-state index contributed by atoms with van der Waals surface area (Å²) in [6.45, 7) is 6.53. The minimum atomic E-state index is 0.0386. The number of aromatic nitrogens is 3. The summed E-state index contributed by atoms with van der Waals surface area (Å²) in [5, 5.41) is 1.44. The normalized spacial score (nSPS) is 11.8. The van der Waals surface area contributed by atoms with E-state index in [0.717, 1.165) is 5.69 Å². The molecule has 0 aliphatic heterocycles. The zero-order valence-electron chi connectivity index (χ0n) is 16.1. The monoisotopic (exact) mass is 443 g/mol. The van der Waals surface area contributed by atoms with Crippen LogP contribution in [0.2, 0.25) is 10.0 Å². The van der Waals surface area contributed by atoms with E-state index >= 15 is 0 Å². The molecule has 8 heteroatoms. The van der Waals surface area contributed by atoms with E-state index in [-0.39, 0.29) is 5.41 Å². The molecule has 4 rings (SSSR count). The van der Waals surface area contributed by atoms with Crippen molar-refractivity contribution in [1.82, 2.24) is 15.0 Å². The second kappa shape index (κ2) is 7.44. The van der Waals surface area contributed by atoms with Gasteiger partial charge < -0.3 is 5.73 Å². The highest BCUT2D eigenvalue weighted by Gasteiger charge is 2.24. The zero-order chi connectivity index (χ0) is 20.8. The maximum absolute atomic E-state index is 6.57. The second-order valence-corrected chi connectivity index (χ2v) is 9.43. The van der Waals surface area contributed by atoms with E-state index < -0.39 is 0 Å². The van der Waals surface area contributed by atoms with Gasteiger partial charge in [0.05, 0.1) is 15.7 Å². The third-order valence-electron chi connectivity index (χ3n) is 4.56. The first kappa shape index (κ1) is 19.9. The van der Waals surface area contributed by atoms with Gasteiger partial charge in [0.25, 0.3) is 0 Å². The maximum Gasteiger partial charge on any atom is 0.182 e. The number of halogens is 2. The third-order valence-corrected chi connectivity index (χ3v) is 5.96. The van der Waals surface area contributed by atoms with Crippen LogP contribution < -0.4 is 10.6 Å². The molecule has 2 N–H and O–H groups in total. The van der Waals surface area contributed by atoms with E-state index in [0.29, 0.717) is 37.0 Å². The molecular formula is C21H19Cl2N5S. The van der Waals surface area contributed by atoms with Crippen molar-refractivity contribution in [1.29, 1.82) is 0 Å². The first-order chi connectivity index (χ1) is 13.8. The zero-order valence-corrected chi connectivity index (χ0v) is 18.5. The quantitative estimate of drug-likeness (QED) is 0.379. The molecule has 0 spiro atoms. The van der Waals surface area contributed by atoms with Crippen LogP contribution in [0.5, 0.6) is 0 Å². The number of nitrogen functional groups attached to an aromatic ring is 1. The molecule has 2 aromatic heterocycles. The van der Waals surface area contributed by atoms with Crippen LogP contribution in [0.15, 0.2) is 48.8 Å². The van der Waals surface area contributed by atoms with Gasteiger partial charge in [0.15, 0.2) is 15.8 Å². The predicted molar refractivity (Wildman–Crippen MR) is 123 cm³/mol. The molecule has 0 aliphatic rings. The highest BCUT2D eigenvalue weighted by molar-refractivity contribution is 7.21. The number of rotatable bonds is 3. The number of para-hydroxylation sites is 1. The largest absolute Gasteiger partial charge is 0.375 e. The topological polar surface area (TPSA) is 67.9 Å². The van der Waals surface area contributed by atoms with E-state index in [9.17, 15) is 0 Å². The minimum absolute atomic E-state index is 0.0386. The van der Waals surface area contributed by atoms with Gasteiger partial charge in [-0.3, -0.25) is 4.90 Å². The summed E-state index contributed by atoms with van der Waals surface area (Å²) >= 11 is 14.5. The Kier molecular flexibility index (Phi) is 5.11. The average molecular weight is 444 g/mol. The molecule has 148 valence electrons. The fourth-order valence-corrected chi connectivity index (χ4v) is 4.33. The number of anilines is 4. The van der Waals surface area contributed by atoms with Gasteiger partial charge in [-0.2, -0.15) is 0 Å². The van der Waals surface area contributed by atoms with Gasteiger partial charge in [0, 0.05) is 5.69 Å². The number of thiazole rings is 1. The molecule has 2 heterocycles. The van der Waals surface area contributed by atoms with Gasteiger partial charge in [-0.15, -0.1) is 0 Å². The fourth-order valence-electron chi connectivity index (χ4n) is 3.09. The van der Waals surface area contributed by atoms with Crippen molar-refractivity contribution in [3.63, 3.8) is 0 Å². The van der Waals surface area contributed by atoms with Crippen molar-refractivity contribution in [2.45, 2.75) is 26.2 Å². The van der Waals surface area contributed by atoms with Crippen LogP contribution in [-0.2, 0) is 5.41 Å². The lowest BCUT2D eigenvalue weighted by Crippen LogP contribution is -2.15.